The maximum atomic E-state index is 12.5. The highest BCUT2D eigenvalue weighted by Crippen LogP contribution is 2.14. The molecular formula is C15H25N3OS. The summed E-state index contributed by atoms with van der Waals surface area (Å²) >= 11 is 1.74. The molecule has 1 N–H and O–H groups in total. The Hall–Kier alpha value is -0.910. The maximum Gasteiger partial charge on any atom is 0.242 e. The van der Waals surface area contributed by atoms with Gasteiger partial charge in [-0.25, -0.2) is 0 Å². The van der Waals surface area contributed by atoms with Crippen molar-refractivity contribution >= 4 is 17.2 Å². The summed E-state index contributed by atoms with van der Waals surface area (Å²) in [5.41, 5.74) is 0.923. The first kappa shape index (κ1) is 15.5. The molecular weight excluding hydrogens is 270 g/mol. The van der Waals surface area contributed by atoms with E-state index in [1.807, 2.05) is 25.7 Å². The number of hydrogen-bond donors (Lipinski definition) is 1. The molecule has 0 atom stereocenters. The summed E-state index contributed by atoms with van der Waals surface area (Å²) in [6.45, 7) is 11.4. The first-order valence-corrected chi connectivity index (χ1v) is 8.25. The fraction of sp³-hybridized carbons (Fsp3) is 0.667. The SMILES string of the molecule is CCNC(C)(C)C(=O)N1CCN(Cc2ccsc2)CC1. The summed E-state index contributed by atoms with van der Waals surface area (Å²) in [5, 5.41) is 7.58. The van der Waals surface area contributed by atoms with Crippen LogP contribution in [-0.2, 0) is 11.3 Å². The topological polar surface area (TPSA) is 35.6 Å². The smallest absolute Gasteiger partial charge is 0.242 e. The molecule has 2 rings (SSSR count). The Morgan fingerprint density at radius 3 is 2.60 bits per heavy atom. The van der Waals surface area contributed by atoms with Crippen LogP contribution in [0, 0.1) is 0 Å². The molecule has 20 heavy (non-hydrogen) atoms. The Labute approximate surface area is 125 Å². The molecule has 1 aromatic rings. The van der Waals surface area contributed by atoms with Crippen LogP contribution in [0.2, 0.25) is 0 Å². The molecule has 1 aliphatic heterocycles. The number of carbonyl (C=O) groups excluding carboxylic acids is 1. The second-order valence-corrected chi connectivity index (χ2v) is 6.64. The zero-order chi connectivity index (χ0) is 14.6. The van der Waals surface area contributed by atoms with Gasteiger partial charge >= 0.3 is 0 Å². The van der Waals surface area contributed by atoms with E-state index in [1.54, 1.807) is 11.3 Å². The molecule has 5 heteroatoms. The number of thiophene rings is 1. The van der Waals surface area contributed by atoms with E-state index < -0.39 is 5.54 Å². The minimum atomic E-state index is -0.454. The molecule has 0 bridgehead atoms. The van der Waals surface area contributed by atoms with Gasteiger partial charge in [0.05, 0.1) is 5.54 Å². The average Bonchev–Trinajstić information content (AvgIpc) is 2.91. The highest BCUT2D eigenvalue weighted by atomic mass is 32.1. The summed E-state index contributed by atoms with van der Waals surface area (Å²) < 4.78 is 0. The number of carbonyl (C=O) groups is 1. The van der Waals surface area contributed by atoms with Crippen molar-refractivity contribution in [2.75, 3.05) is 32.7 Å². The van der Waals surface area contributed by atoms with Crippen molar-refractivity contribution in [3.63, 3.8) is 0 Å². The number of nitrogens with one attached hydrogen (secondary N) is 1. The molecule has 1 saturated heterocycles. The summed E-state index contributed by atoms with van der Waals surface area (Å²) in [7, 11) is 0. The van der Waals surface area contributed by atoms with Gasteiger partial charge in [0.2, 0.25) is 5.91 Å². The van der Waals surface area contributed by atoms with Crippen molar-refractivity contribution in [3.05, 3.63) is 22.4 Å². The highest BCUT2D eigenvalue weighted by molar-refractivity contribution is 7.07. The highest BCUT2D eigenvalue weighted by Gasteiger charge is 2.32. The molecule has 1 aromatic heterocycles. The molecule has 0 spiro atoms. The van der Waals surface area contributed by atoms with Crippen LogP contribution in [0.25, 0.3) is 0 Å². The zero-order valence-electron chi connectivity index (χ0n) is 12.7. The normalized spacial score (nSPS) is 17.4. The van der Waals surface area contributed by atoms with E-state index in [4.69, 9.17) is 0 Å². The molecule has 2 heterocycles. The van der Waals surface area contributed by atoms with Gasteiger partial charge in [-0.1, -0.05) is 6.92 Å². The average molecular weight is 295 g/mol. The predicted octanol–water partition coefficient (Wildman–Crippen LogP) is 1.78. The zero-order valence-corrected chi connectivity index (χ0v) is 13.5. The largest absolute Gasteiger partial charge is 0.339 e. The summed E-state index contributed by atoms with van der Waals surface area (Å²) in [4.78, 5) is 16.9. The van der Waals surface area contributed by atoms with Crippen molar-refractivity contribution in [2.24, 2.45) is 0 Å². The van der Waals surface area contributed by atoms with Crippen LogP contribution >= 0.6 is 11.3 Å². The van der Waals surface area contributed by atoms with Gasteiger partial charge in [0, 0.05) is 32.7 Å². The summed E-state index contributed by atoms with van der Waals surface area (Å²) in [6, 6.07) is 2.18. The van der Waals surface area contributed by atoms with Gasteiger partial charge in [-0.15, -0.1) is 0 Å². The second kappa shape index (κ2) is 6.70. The van der Waals surface area contributed by atoms with Crippen LogP contribution in [0.4, 0.5) is 0 Å². The molecule has 0 aliphatic carbocycles. The third-order valence-electron chi connectivity index (χ3n) is 3.80. The van der Waals surface area contributed by atoms with Gasteiger partial charge in [-0.2, -0.15) is 11.3 Å². The van der Waals surface area contributed by atoms with E-state index >= 15 is 0 Å². The number of piperazine rings is 1. The Kier molecular flexibility index (Phi) is 5.18. The number of hydrogen-bond acceptors (Lipinski definition) is 4. The monoisotopic (exact) mass is 295 g/mol. The Morgan fingerprint density at radius 2 is 2.05 bits per heavy atom. The molecule has 0 radical (unpaired) electrons. The van der Waals surface area contributed by atoms with Crippen LogP contribution in [0.5, 0.6) is 0 Å². The fourth-order valence-electron chi connectivity index (χ4n) is 2.66. The van der Waals surface area contributed by atoms with E-state index in [0.29, 0.717) is 0 Å². The maximum absolute atomic E-state index is 12.5. The molecule has 4 nitrogen and oxygen atoms in total. The van der Waals surface area contributed by atoms with Crippen molar-refractivity contribution in [1.29, 1.82) is 0 Å². The number of amides is 1. The van der Waals surface area contributed by atoms with Gasteiger partial charge in [-0.05, 0) is 42.8 Å². The lowest BCUT2D eigenvalue weighted by molar-refractivity contribution is -0.139. The minimum absolute atomic E-state index is 0.217. The Bertz CT molecular complexity index is 422. The molecule has 1 aliphatic rings. The van der Waals surface area contributed by atoms with E-state index in [0.717, 1.165) is 39.3 Å². The number of rotatable bonds is 5. The molecule has 112 valence electrons. The quantitative estimate of drug-likeness (QED) is 0.899. The first-order chi connectivity index (χ1) is 9.53. The summed E-state index contributed by atoms with van der Waals surface area (Å²) in [5.74, 6) is 0.217. The predicted molar refractivity (Wildman–Crippen MR) is 83.9 cm³/mol. The van der Waals surface area contributed by atoms with Crippen molar-refractivity contribution in [2.45, 2.75) is 32.9 Å². The molecule has 0 saturated carbocycles. The number of likely N-dealkylation sites (N-methyl/N-ethyl adjacent to an activating group) is 1. The van der Waals surface area contributed by atoms with E-state index in [1.165, 1.54) is 5.56 Å². The van der Waals surface area contributed by atoms with E-state index in [9.17, 15) is 4.79 Å². The Balaban J connectivity index is 1.83. The molecule has 0 unspecified atom stereocenters. The van der Waals surface area contributed by atoms with Crippen LogP contribution in [0.1, 0.15) is 26.3 Å². The van der Waals surface area contributed by atoms with Crippen LogP contribution in [0.15, 0.2) is 16.8 Å². The lowest BCUT2D eigenvalue weighted by Crippen LogP contribution is -2.58. The van der Waals surface area contributed by atoms with Gasteiger partial charge in [-0.3, -0.25) is 9.69 Å². The van der Waals surface area contributed by atoms with E-state index in [-0.39, 0.29) is 5.91 Å². The second-order valence-electron chi connectivity index (χ2n) is 5.86. The van der Waals surface area contributed by atoms with Crippen LogP contribution < -0.4 is 5.32 Å². The van der Waals surface area contributed by atoms with Crippen LogP contribution in [-0.4, -0.2) is 54.0 Å². The van der Waals surface area contributed by atoms with Gasteiger partial charge < -0.3 is 10.2 Å². The van der Waals surface area contributed by atoms with Crippen molar-refractivity contribution < 1.29 is 4.79 Å². The fourth-order valence-corrected chi connectivity index (χ4v) is 3.32. The van der Waals surface area contributed by atoms with Gasteiger partial charge in [0.25, 0.3) is 0 Å². The van der Waals surface area contributed by atoms with Gasteiger partial charge in [0.1, 0.15) is 0 Å². The minimum Gasteiger partial charge on any atom is -0.339 e. The first-order valence-electron chi connectivity index (χ1n) is 7.31. The third-order valence-corrected chi connectivity index (χ3v) is 4.53. The summed E-state index contributed by atoms with van der Waals surface area (Å²) in [6.07, 6.45) is 0. The molecule has 0 aromatic carbocycles. The standard InChI is InChI=1S/C15H25N3OS/c1-4-16-15(2,3)14(19)18-8-6-17(7-9-18)11-13-5-10-20-12-13/h5,10,12,16H,4,6-9,11H2,1-3H3. The molecule has 1 fully saturated rings. The Morgan fingerprint density at radius 1 is 1.35 bits per heavy atom. The third kappa shape index (κ3) is 3.81. The molecule has 1 amide bonds. The van der Waals surface area contributed by atoms with Crippen molar-refractivity contribution in [1.82, 2.24) is 15.1 Å². The lowest BCUT2D eigenvalue weighted by atomic mass is 10.0. The number of nitrogens with zero attached hydrogens (tertiary/aromatic N) is 2. The van der Waals surface area contributed by atoms with Gasteiger partial charge in [0.15, 0.2) is 0 Å². The van der Waals surface area contributed by atoms with E-state index in [2.05, 4.69) is 27.0 Å². The van der Waals surface area contributed by atoms with Crippen LogP contribution in [0.3, 0.4) is 0 Å². The lowest BCUT2D eigenvalue weighted by Gasteiger charge is -2.38. The van der Waals surface area contributed by atoms with Crippen molar-refractivity contribution in [3.8, 4) is 0 Å².